The fraction of sp³-hybridized carbons (Fsp3) is 0.438. The molecule has 0 saturated heterocycles. The van der Waals surface area contributed by atoms with Crippen molar-refractivity contribution >= 4 is 17.2 Å². The zero-order chi connectivity index (χ0) is 15.5. The maximum absolute atomic E-state index is 12.0. The van der Waals surface area contributed by atoms with Gasteiger partial charge in [0.25, 0.3) is 11.5 Å². The molecule has 0 unspecified atom stereocenters. The maximum Gasteiger partial charge on any atom is 0.267 e. The number of aromatic nitrogens is 2. The topological polar surface area (TPSA) is 64.0 Å². The molecule has 5 nitrogen and oxygen atoms in total. The van der Waals surface area contributed by atoms with Crippen LogP contribution in [-0.2, 0) is 19.4 Å². The molecule has 1 amide bonds. The molecule has 2 aromatic heterocycles. The summed E-state index contributed by atoms with van der Waals surface area (Å²) in [5.41, 5.74) is 2.04. The third-order valence-corrected chi connectivity index (χ3v) is 4.85. The van der Waals surface area contributed by atoms with Crippen LogP contribution >= 0.6 is 11.3 Å². The highest BCUT2D eigenvalue weighted by atomic mass is 32.1. The number of aryl methyl sites for hydroxylation is 3. The summed E-state index contributed by atoms with van der Waals surface area (Å²) in [4.78, 5) is 25.8. The van der Waals surface area contributed by atoms with Crippen molar-refractivity contribution in [3.8, 4) is 0 Å². The number of nitrogens with zero attached hydrogens (tertiary/aromatic N) is 2. The Kier molecular flexibility index (Phi) is 4.38. The SMILES string of the molecule is Cc1ccc(C(=O)NCCn2nc3c(cc2=O)CCCC3)s1. The minimum Gasteiger partial charge on any atom is -0.349 e. The van der Waals surface area contributed by atoms with Gasteiger partial charge in [0.15, 0.2) is 0 Å². The summed E-state index contributed by atoms with van der Waals surface area (Å²) in [5.74, 6) is -0.0934. The van der Waals surface area contributed by atoms with Crippen molar-refractivity contribution in [3.05, 3.63) is 49.6 Å². The summed E-state index contributed by atoms with van der Waals surface area (Å²) in [6.45, 7) is 2.78. The van der Waals surface area contributed by atoms with E-state index in [1.54, 1.807) is 6.07 Å². The number of amides is 1. The quantitative estimate of drug-likeness (QED) is 0.937. The molecular weight excluding hydrogens is 298 g/mol. The zero-order valence-corrected chi connectivity index (χ0v) is 13.4. The first kappa shape index (κ1) is 15.0. The third kappa shape index (κ3) is 3.27. The summed E-state index contributed by atoms with van der Waals surface area (Å²) < 4.78 is 1.46. The van der Waals surface area contributed by atoms with Crippen LogP contribution in [0.3, 0.4) is 0 Å². The van der Waals surface area contributed by atoms with Crippen LogP contribution in [0.5, 0.6) is 0 Å². The molecular formula is C16H19N3O2S. The first-order valence-electron chi connectivity index (χ1n) is 7.58. The van der Waals surface area contributed by atoms with E-state index in [2.05, 4.69) is 10.4 Å². The molecule has 0 aromatic carbocycles. The van der Waals surface area contributed by atoms with Crippen LogP contribution in [0, 0.1) is 6.92 Å². The highest BCUT2D eigenvalue weighted by molar-refractivity contribution is 7.13. The van der Waals surface area contributed by atoms with E-state index in [-0.39, 0.29) is 11.5 Å². The van der Waals surface area contributed by atoms with Gasteiger partial charge >= 0.3 is 0 Å². The van der Waals surface area contributed by atoms with E-state index < -0.39 is 0 Å². The van der Waals surface area contributed by atoms with Gasteiger partial charge in [0, 0.05) is 17.5 Å². The van der Waals surface area contributed by atoms with Crippen molar-refractivity contribution < 1.29 is 4.79 Å². The smallest absolute Gasteiger partial charge is 0.267 e. The second-order valence-electron chi connectivity index (χ2n) is 5.55. The van der Waals surface area contributed by atoms with Crippen molar-refractivity contribution in [2.24, 2.45) is 0 Å². The predicted octanol–water partition coefficient (Wildman–Crippen LogP) is 1.92. The number of thiophene rings is 1. The summed E-state index contributed by atoms with van der Waals surface area (Å²) in [6, 6.07) is 5.44. The number of nitrogens with one attached hydrogen (secondary N) is 1. The van der Waals surface area contributed by atoms with E-state index >= 15 is 0 Å². The van der Waals surface area contributed by atoms with Crippen molar-refractivity contribution in [3.63, 3.8) is 0 Å². The Hall–Kier alpha value is -1.95. The van der Waals surface area contributed by atoms with Crippen LogP contribution in [0.25, 0.3) is 0 Å². The Morgan fingerprint density at radius 2 is 2.18 bits per heavy atom. The molecule has 0 radical (unpaired) electrons. The maximum atomic E-state index is 12.0. The van der Waals surface area contributed by atoms with Crippen LogP contribution in [0.4, 0.5) is 0 Å². The molecule has 0 fully saturated rings. The highest BCUT2D eigenvalue weighted by Gasteiger charge is 2.13. The number of fused-ring (bicyclic) bond motifs is 1. The highest BCUT2D eigenvalue weighted by Crippen LogP contribution is 2.17. The summed E-state index contributed by atoms with van der Waals surface area (Å²) in [6.07, 6.45) is 4.16. The lowest BCUT2D eigenvalue weighted by Crippen LogP contribution is -2.33. The van der Waals surface area contributed by atoms with Gasteiger partial charge in [-0.1, -0.05) is 0 Å². The molecule has 2 heterocycles. The normalized spacial score (nSPS) is 13.7. The third-order valence-electron chi connectivity index (χ3n) is 3.85. The lowest BCUT2D eigenvalue weighted by atomic mass is 9.97. The van der Waals surface area contributed by atoms with Crippen molar-refractivity contribution in [2.75, 3.05) is 6.54 Å². The first-order chi connectivity index (χ1) is 10.6. The Labute approximate surface area is 133 Å². The van der Waals surface area contributed by atoms with Gasteiger partial charge in [-0.05, 0) is 50.3 Å². The standard InChI is InChI=1S/C16H19N3O2S/c1-11-6-7-14(22-11)16(21)17-8-9-19-15(20)10-12-4-2-3-5-13(12)18-19/h6-7,10H,2-5,8-9H2,1H3,(H,17,21). The van der Waals surface area contributed by atoms with Crippen LogP contribution < -0.4 is 10.9 Å². The predicted molar refractivity (Wildman–Crippen MR) is 86.5 cm³/mol. The molecule has 0 atom stereocenters. The Morgan fingerprint density at radius 1 is 1.36 bits per heavy atom. The van der Waals surface area contributed by atoms with E-state index in [0.29, 0.717) is 18.0 Å². The van der Waals surface area contributed by atoms with Gasteiger partial charge in [-0.3, -0.25) is 9.59 Å². The van der Waals surface area contributed by atoms with Gasteiger partial charge in [0.2, 0.25) is 0 Å². The number of carbonyl (C=O) groups excluding carboxylic acids is 1. The van der Waals surface area contributed by atoms with Crippen molar-refractivity contribution in [2.45, 2.75) is 39.2 Å². The average Bonchev–Trinajstić information content (AvgIpc) is 2.94. The molecule has 0 aliphatic heterocycles. The minimum atomic E-state index is -0.0934. The second-order valence-corrected chi connectivity index (χ2v) is 6.84. The molecule has 0 saturated carbocycles. The van der Waals surface area contributed by atoms with Crippen molar-refractivity contribution in [1.82, 2.24) is 15.1 Å². The van der Waals surface area contributed by atoms with Gasteiger partial charge in [0.05, 0.1) is 17.1 Å². The van der Waals surface area contributed by atoms with Crippen molar-refractivity contribution in [1.29, 1.82) is 0 Å². The Bertz CT molecular complexity index is 748. The number of rotatable bonds is 4. The molecule has 0 spiro atoms. The van der Waals surface area contributed by atoms with Gasteiger partial charge in [-0.25, -0.2) is 4.68 Å². The lowest BCUT2D eigenvalue weighted by molar-refractivity contribution is 0.0956. The first-order valence-corrected chi connectivity index (χ1v) is 8.40. The van der Waals surface area contributed by atoms with E-state index in [1.807, 2.05) is 19.1 Å². The van der Waals surface area contributed by atoms with Gasteiger partial charge in [-0.15, -0.1) is 11.3 Å². The van der Waals surface area contributed by atoms with Crippen LogP contribution in [0.1, 0.15) is 38.6 Å². The fourth-order valence-corrected chi connectivity index (χ4v) is 3.46. The molecule has 0 bridgehead atoms. The minimum absolute atomic E-state index is 0.0816. The van der Waals surface area contributed by atoms with Crippen LogP contribution in [0.2, 0.25) is 0 Å². The monoisotopic (exact) mass is 317 g/mol. The number of hydrogen-bond donors (Lipinski definition) is 1. The lowest BCUT2D eigenvalue weighted by Gasteiger charge is -2.15. The fourth-order valence-electron chi connectivity index (χ4n) is 2.68. The summed E-state index contributed by atoms with van der Waals surface area (Å²) in [5, 5.41) is 7.28. The van der Waals surface area contributed by atoms with E-state index in [1.165, 1.54) is 16.0 Å². The molecule has 22 heavy (non-hydrogen) atoms. The Morgan fingerprint density at radius 3 is 2.95 bits per heavy atom. The summed E-state index contributed by atoms with van der Waals surface area (Å²) >= 11 is 1.47. The van der Waals surface area contributed by atoms with E-state index in [0.717, 1.165) is 41.8 Å². The molecule has 2 aromatic rings. The summed E-state index contributed by atoms with van der Waals surface area (Å²) in [7, 11) is 0. The van der Waals surface area contributed by atoms with Crippen LogP contribution in [-0.4, -0.2) is 22.2 Å². The average molecular weight is 317 g/mol. The molecule has 6 heteroatoms. The number of carbonyl (C=O) groups is 1. The van der Waals surface area contributed by atoms with Gasteiger partial charge in [-0.2, -0.15) is 5.10 Å². The number of hydrogen-bond acceptors (Lipinski definition) is 4. The van der Waals surface area contributed by atoms with E-state index in [4.69, 9.17) is 0 Å². The second kappa shape index (κ2) is 6.44. The largest absolute Gasteiger partial charge is 0.349 e. The Balaban J connectivity index is 1.62. The molecule has 116 valence electrons. The molecule has 3 rings (SSSR count). The molecule has 1 N–H and O–H groups in total. The van der Waals surface area contributed by atoms with Gasteiger partial charge in [0.1, 0.15) is 0 Å². The van der Waals surface area contributed by atoms with E-state index in [9.17, 15) is 9.59 Å². The van der Waals surface area contributed by atoms with Crippen LogP contribution in [0.15, 0.2) is 23.0 Å². The van der Waals surface area contributed by atoms with Gasteiger partial charge < -0.3 is 5.32 Å². The molecule has 1 aliphatic carbocycles. The zero-order valence-electron chi connectivity index (χ0n) is 12.6. The molecule has 1 aliphatic rings.